The Balaban J connectivity index is 1.63. The van der Waals surface area contributed by atoms with Gasteiger partial charge in [0.2, 0.25) is 5.91 Å². The van der Waals surface area contributed by atoms with Gasteiger partial charge in [-0.1, -0.05) is 0 Å². The van der Waals surface area contributed by atoms with Gasteiger partial charge in [-0.2, -0.15) is 0 Å². The summed E-state index contributed by atoms with van der Waals surface area (Å²) in [7, 11) is 1.95. The fraction of sp³-hybridized carbons (Fsp3) is 0.500. The van der Waals surface area contributed by atoms with Gasteiger partial charge >= 0.3 is 0 Å². The second-order valence-corrected chi connectivity index (χ2v) is 7.59. The van der Waals surface area contributed by atoms with Crippen molar-refractivity contribution in [2.45, 2.75) is 32.8 Å². The number of carbonyl (C=O) groups is 3. The third-order valence-corrected chi connectivity index (χ3v) is 5.73. The number of aryl methyl sites for hydroxylation is 1. The number of nitrogens with zero attached hydrogens (tertiary/aromatic N) is 2. The van der Waals surface area contributed by atoms with Gasteiger partial charge in [0.05, 0.1) is 11.0 Å². The molecule has 2 aliphatic heterocycles. The Labute approximate surface area is 156 Å². The second kappa shape index (κ2) is 7.67. The van der Waals surface area contributed by atoms with E-state index in [1.54, 1.807) is 6.08 Å². The monoisotopic (exact) mass is 377 g/mol. The molecule has 1 aromatic rings. The van der Waals surface area contributed by atoms with Crippen LogP contribution in [-0.4, -0.2) is 52.3 Å². The summed E-state index contributed by atoms with van der Waals surface area (Å²) in [4.78, 5) is 38.1. The molecule has 0 bridgehead atoms. The molecule has 2 saturated heterocycles. The van der Waals surface area contributed by atoms with E-state index in [4.69, 9.17) is 4.74 Å². The van der Waals surface area contributed by atoms with Gasteiger partial charge in [0, 0.05) is 31.6 Å². The van der Waals surface area contributed by atoms with Crippen LogP contribution in [0.3, 0.4) is 0 Å². The first-order chi connectivity index (χ1) is 12.4. The first-order valence-electron chi connectivity index (χ1n) is 8.63. The molecular formula is C18H23N3O4S. The Bertz CT molecular complexity index is 778. The third-order valence-electron chi connectivity index (χ3n) is 4.83. The maximum Gasteiger partial charge on any atom is 0.294 e. The lowest BCUT2D eigenvalue weighted by molar-refractivity contribution is -0.129. The van der Waals surface area contributed by atoms with Crippen LogP contribution in [0.5, 0.6) is 0 Å². The Hall–Kier alpha value is -2.06. The van der Waals surface area contributed by atoms with Crippen molar-refractivity contribution in [1.82, 2.24) is 14.8 Å². The molecule has 0 unspecified atom stereocenters. The highest BCUT2D eigenvalue weighted by Crippen LogP contribution is 2.32. The molecule has 7 nitrogen and oxygen atoms in total. The van der Waals surface area contributed by atoms with Gasteiger partial charge < -0.3 is 14.6 Å². The van der Waals surface area contributed by atoms with E-state index in [1.807, 2.05) is 31.5 Å². The average Bonchev–Trinajstić information content (AvgIpc) is 3.27. The molecular weight excluding hydrogens is 354 g/mol. The van der Waals surface area contributed by atoms with E-state index >= 15 is 0 Å². The second-order valence-electron chi connectivity index (χ2n) is 6.59. The predicted octanol–water partition coefficient (Wildman–Crippen LogP) is 1.97. The van der Waals surface area contributed by atoms with Gasteiger partial charge in [0.15, 0.2) is 0 Å². The van der Waals surface area contributed by atoms with Crippen LogP contribution in [0.2, 0.25) is 0 Å². The van der Waals surface area contributed by atoms with Crippen LogP contribution in [-0.2, 0) is 21.4 Å². The molecule has 2 aliphatic rings. The molecule has 26 heavy (non-hydrogen) atoms. The fourth-order valence-electron chi connectivity index (χ4n) is 3.04. The summed E-state index contributed by atoms with van der Waals surface area (Å²) < 4.78 is 7.47. The summed E-state index contributed by atoms with van der Waals surface area (Å²) in [6, 6.07) is 1.97. The number of thioether (sulfide) groups is 1. The van der Waals surface area contributed by atoms with Crippen LogP contribution < -0.4 is 5.32 Å². The van der Waals surface area contributed by atoms with Crippen LogP contribution in [0.4, 0.5) is 4.79 Å². The molecule has 8 heteroatoms. The van der Waals surface area contributed by atoms with Crippen LogP contribution in [0.25, 0.3) is 6.08 Å². The van der Waals surface area contributed by atoms with E-state index in [9.17, 15) is 14.4 Å². The molecule has 3 heterocycles. The van der Waals surface area contributed by atoms with Crippen LogP contribution in [0.15, 0.2) is 11.0 Å². The quantitative estimate of drug-likeness (QED) is 0.794. The Morgan fingerprint density at radius 1 is 1.42 bits per heavy atom. The van der Waals surface area contributed by atoms with Crippen molar-refractivity contribution in [3.63, 3.8) is 0 Å². The SMILES string of the molecule is Cc1cc(/C=C2\SC(=O)N(CC(=O)NC[C@@H]3CCCO3)C2=O)c(C)n1C. The van der Waals surface area contributed by atoms with E-state index in [1.165, 1.54) is 0 Å². The Morgan fingerprint density at radius 2 is 2.19 bits per heavy atom. The molecule has 2 fully saturated rings. The van der Waals surface area contributed by atoms with Gasteiger partial charge in [-0.3, -0.25) is 19.3 Å². The van der Waals surface area contributed by atoms with E-state index in [0.29, 0.717) is 18.1 Å². The van der Waals surface area contributed by atoms with Crippen molar-refractivity contribution < 1.29 is 19.1 Å². The molecule has 3 rings (SSSR count). The lowest BCUT2D eigenvalue weighted by atomic mass is 10.2. The number of nitrogens with one attached hydrogen (secondary N) is 1. The molecule has 0 radical (unpaired) electrons. The van der Waals surface area contributed by atoms with Crippen molar-refractivity contribution in [2.75, 3.05) is 19.7 Å². The third kappa shape index (κ3) is 3.86. The summed E-state index contributed by atoms with van der Waals surface area (Å²) in [5.74, 6) is -0.774. The summed E-state index contributed by atoms with van der Waals surface area (Å²) in [5.41, 5.74) is 2.99. The minimum Gasteiger partial charge on any atom is -0.376 e. The molecule has 3 amide bonds. The standard InChI is InChI=1S/C18H23N3O4S/c1-11-7-13(12(2)20(11)3)8-15-17(23)21(18(24)26-15)10-16(22)19-9-14-5-4-6-25-14/h7-8,14H,4-6,9-10H2,1-3H3,(H,19,22)/b15-8-/t14-/m0/s1. The van der Waals surface area contributed by atoms with Crippen LogP contribution in [0, 0.1) is 13.8 Å². The summed E-state index contributed by atoms with van der Waals surface area (Å²) in [6.45, 7) is 4.80. The number of imide groups is 1. The Morgan fingerprint density at radius 3 is 2.81 bits per heavy atom. The van der Waals surface area contributed by atoms with Gasteiger partial charge in [-0.05, 0) is 56.2 Å². The maximum absolute atomic E-state index is 12.5. The zero-order valence-electron chi connectivity index (χ0n) is 15.2. The largest absolute Gasteiger partial charge is 0.376 e. The number of rotatable bonds is 5. The Kier molecular flexibility index (Phi) is 5.52. The molecule has 0 saturated carbocycles. The highest BCUT2D eigenvalue weighted by Gasteiger charge is 2.36. The highest BCUT2D eigenvalue weighted by molar-refractivity contribution is 8.18. The first-order valence-corrected chi connectivity index (χ1v) is 9.45. The van der Waals surface area contributed by atoms with Gasteiger partial charge in [-0.25, -0.2) is 0 Å². The average molecular weight is 377 g/mol. The smallest absolute Gasteiger partial charge is 0.294 e. The van der Waals surface area contributed by atoms with Crippen molar-refractivity contribution in [3.8, 4) is 0 Å². The fourth-order valence-corrected chi connectivity index (χ4v) is 3.87. The molecule has 1 N–H and O–H groups in total. The van der Waals surface area contributed by atoms with Gasteiger partial charge in [-0.15, -0.1) is 0 Å². The van der Waals surface area contributed by atoms with E-state index < -0.39 is 11.1 Å². The number of amides is 3. The molecule has 1 atom stereocenters. The van der Waals surface area contributed by atoms with Crippen LogP contribution in [0.1, 0.15) is 29.8 Å². The number of hydrogen-bond acceptors (Lipinski definition) is 5. The van der Waals surface area contributed by atoms with Crippen molar-refractivity contribution in [1.29, 1.82) is 0 Å². The number of carbonyl (C=O) groups excluding carboxylic acids is 3. The molecule has 0 aliphatic carbocycles. The highest BCUT2D eigenvalue weighted by atomic mass is 32.2. The molecule has 0 spiro atoms. The summed E-state index contributed by atoms with van der Waals surface area (Å²) in [5, 5.41) is 2.32. The minimum absolute atomic E-state index is 0.0260. The number of hydrogen-bond donors (Lipinski definition) is 1. The predicted molar refractivity (Wildman–Crippen MR) is 99.5 cm³/mol. The first kappa shape index (κ1) is 18.7. The topological polar surface area (TPSA) is 80.6 Å². The van der Waals surface area contributed by atoms with E-state index in [0.717, 1.165) is 46.5 Å². The number of ether oxygens (including phenoxy) is 1. The summed E-state index contributed by atoms with van der Waals surface area (Å²) >= 11 is 0.870. The zero-order valence-corrected chi connectivity index (χ0v) is 16.0. The van der Waals surface area contributed by atoms with E-state index in [2.05, 4.69) is 5.32 Å². The van der Waals surface area contributed by atoms with Crippen molar-refractivity contribution >= 4 is 34.9 Å². The normalized spacial score (nSPS) is 21.9. The zero-order chi connectivity index (χ0) is 18.8. The van der Waals surface area contributed by atoms with Crippen molar-refractivity contribution in [2.24, 2.45) is 7.05 Å². The minimum atomic E-state index is -0.423. The summed E-state index contributed by atoms with van der Waals surface area (Å²) in [6.07, 6.45) is 3.66. The van der Waals surface area contributed by atoms with Gasteiger partial charge in [0.25, 0.3) is 11.1 Å². The van der Waals surface area contributed by atoms with Crippen LogP contribution >= 0.6 is 11.8 Å². The maximum atomic E-state index is 12.5. The lowest BCUT2D eigenvalue weighted by Crippen LogP contribution is -2.41. The molecule has 140 valence electrons. The van der Waals surface area contributed by atoms with Crippen molar-refractivity contribution in [3.05, 3.63) is 27.9 Å². The lowest BCUT2D eigenvalue weighted by Gasteiger charge is -2.14. The van der Waals surface area contributed by atoms with E-state index in [-0.39, 0.29) is 18.6 Å². The molecule has 1 aromatic heterocycles. The molecule has 0 aromatic carbocycles. The van der Waals surface area contributed by atoms with Gasteiger partial charge in [0.1, 0.15) is 6.54 Å². The number of aromatic nitrogens is 1.